The maximum Gasteiger partial charge on any atom is 0.333 e. The van der Waals surface area contributed by atoms with Crippen LogP contribution in [0.3, 0.4) is 0 Å². The van der Waals surface area contributed by atoms with Crippen molar-refractivity contribution in [1.82, 2.24) is 4.31 Å². The van der Waals surface area contributed by atoms with Crippen LogP contribution in [-0.2, 0) is 14.8 Å². The maximum atomic E-state index is 14.1. The molecule has 33 heavy (non-hydrogen) atoms. The van der Waals surface area contributed by atoms with Crippen molar-refractivity contribution in [3.63, 3.8) is 0 Å². The van der Waals surface area contributed by atoms with Gasteiger partial charge >= 0.3 is 5.97 Å². The Morgan fingerprint density at radius 3 is 2.24 bits per heavy atom. The number of nitrogens with zero attached hydrogens (tertiary/aromatic N) is 1. The smallest absolute Gasteiger partial charge is 0.333 e. The topological polar surface area (TPSA) is 74.7 Å². The second-order valence-corrected chi connectivity index (χ2v) is 10.5. The molecule has 0 radical (unpaired) electrons. The molecular weight excluding hydrogens is 458 g/mol. The first-order valence-electron chi connectivity index (χ1n) is 10.5. The highest BCUT2D eigenvalue weighted by atomic mass is 35.5. The van der Waals surface area contributed by atoms with E-state index >= 15 is 0 Å². The molecule has 0 aromatic heterocycles. The van der Waals surface area contributed by atoms with Gasteiger partial charge in [0.2, 0.25) is 10.0 Å². The van der Waals surface area contributed by atoms with E-state index < -0.39 is 28.1 Å². The number of benzene rings is 3. The van der Waals surface area contributed by atoms with Gasteiger partial charge in [-0.1, -0.05) is 77.3 Å². The number of sulfonamides is 1. The monoisotopic (exact) mass is 481 g/mol. The first kappa shape index (κ1) is 23.2. The van der Waals surface area contributed by atoms with Gasteiger partial charge in [0.25, 0.3) is 0 Å². The number of hydrogen-bond donors (Lipinski definition) is 1. The molecule has 7 heteroatoms. The number of carboxylic acid groups (broad SMARTS) is 1. The van der Waals surface area contributed by atoms with Gasteiger partial charge in [0, 0.05) is 5.02 Å². The standard InChI is InChI=1S/C26H24ClNO4S/c1-17-9-11-22(12-10-17)33(31,32)28-24(19-6-4-8-21(27)16-19)14-13-23(26(29)30)25(28)20-7-3-5-18(2)15-20/h3-13,15-16,24-25H,14H2,1-2H3,(H,29,30)/t24?,25-/m0/s1. The molecule has 1 heterocycles. The van der Waals surface area contributed by atoms with Gasteiger partial charge in [-0.3, -0.25) is 0 Å². The summed E-state index contributed by atoms with van der Waals surface area (Å²) in [6, 6.07) is 19.3. The molecule has 3 aromatic rings. The van der Waals surface area contributed by atoms with Crippen LogP contribution in [0.2, 0.25) is 5.02 Å². The van der Waals surface area contributed by atoms with Gasteiger partial charge in [0.1, 0.15) is 0 Å². The number of rotatable bonds is 5. The Hall–Kier alpha value is -2.93. The number of halogens is 1. The van der Waals surface area contributed by atoms with Crippen LogP contribution in [0.4, 0.5) is 0 Å². The van der Waals surface area contributed by atoms with E-state index in [2.05, 4.69) is 0 Å². The Bertz CT molecular complexity index is 1330. The second kappa shape index (κ2) is 9.14. The summed E-state index contributed by atoms with van der Waals surface area (Å²) >= 11 is 6.24. The highest BCUT2D eigenvalue weighted by molar-refractivity contribution is 7.89. The molecule has 0 spiro atoms. The minimum absolute atomic E-state index is 0.0366. The van der Waals surface area contributed by atoms with Crippen LogP contribution in [0.5, 0.6) is 0 Å². The van der Waals surface area contributed by atoms with Crippen LogP contribution in [-0.4, -0.2) is 23.8 Å². The fourth-order valence-electron chi connectivity index (χ4n) is 4.28. The molecule has 0 amide bonds. The average Bonchev–Trinajstić information content (AvgIpc) is 2.78. The minimum atomic E-state index is -4.08. The van der Waals surface area contributed by atoms with E-state index in [1.807, 2.05) is 38.1 Å². The first-order chi connectivity index (χ1) is 15.7. The molecule has 0 aliphatic carbocycles. The predicted molar refractivity (Wildman–Crippen MR) is 129 cm³/mol. The molecule has 1 aliphatic rings. The Labute approximate surface area is 199 Å². The van der Waals surface area contributed by atoms with E-state index in [9.17, 15) is 18.3 Å². The van der Waals surface area contributed by atoms with E-state index in [0.29, 0.717) is 16.1 Å². The highest BCUT2D eigenvalue weighted by Crippen LogP contribution is 2.46. The van der Waals surface area contributed by atoms with Gasteiger partial charge in [0.05, 0.1) is 22.6 Å². The average molecular weight is 482 g/mol. The van der Waals surface area contributed by atoms with Crippen LogP contribution in [0, 0.1) is 13.8 Å². The molecule has 1 N–H and O–H groups in total. The van der Waals surface area contributed by atoms with Crippen molar-refractivity contribution in [3.8, 4) is 0 Å². The number of aliphatic carboxylic acids is 1. The van der Waals surface area contributed by atoms with Crippen LogP contribution in [0.25, 0.3) is 0 Å². The van der Waals surface area contributed by atoms with Gasteiger partial charge in [-0.05, 0) is 55.7 Å². The maximum absolute atomic E-state index is 14.1. The van der Waals surface area contributed by atoms with Crippen molar-refractivity contribution in [2.24, 2.45) is 0 Å². The third-order valence-corrected chi connectivity index (χ3v) is 7.98. The lowest BCUT2D eigenvalue weighted by atomic mass is 9.89. The van der Waals surface area contributed by atoms with E-state index in [1.54, 1.807) is 54.6 Å². The zero-order valence-electron chi connectivity index (χ0n) is 18.3. The molecule has 0 saturated heterocycles. The van der Waals surface area contributed by atoms with Gasteiger partial charge in [-0.2, -0.15) is 4.31 Å². The fraction of sp³-hybridized carbons (Fsp3) is 0.192. The zero-order chi connectivity index (χ0) is 23.8. The van der Waals surface area contributed by atoms with Crippen molar-refractivity contribution in [1.29, 1.82) is 0 Å². The van der Waals surface area contributed by atoms with Gasteiger partial charge < -0.3 is 5.11 Å². The van der Waals surface area contributed by atoms with E-state index in [-0.39, 0.29) is 16.9 Å². The van der Waals surface area contributed by atoms with Gasteiger partial charge in [0.15, 0.2) is 0 Å². The largest absolute Gasteiger partial charge is 0.478 e. The summed E-state index contributed by atoms with van der Waals surface area (Å²) in [4.78, 5) is 12.4. The second-order valence-electron chi connectivity index (χ2n) is 8.24. The number of aryl methyl sites for hydroxylation is 2. The molecule has 4 rings (SSSR count). The van der Waals surface area contributed by atoms with Crippen molar-refractivity contribution in [3.05, 3.63) is 112 Å². The highest BCUT2D eigenvalue weighted by Gasteiger charge is 2.44. The zero-order valence-corrected chi connectivity index (χ0v) is 19.8. The van der Waals surface area contributed by atoms with E-state index in [1.165, 1.54) is 4.31 Å². The number of carboxylic acids is 1. The van der Waals surface area contributed by atoms with Crippen molar-refractivity contribution in [2.45, 2.75) is 37.2 Å². The summed E-state index contributed by atoms with van der Waals surface area (Å²) < 4.78 is 29.5. The quantitative estimate of drug-likeness (QED) is 0.496. The molecule has 1 aliphatic heterocycles. The van der Waals surface area contributed by atoms with Crippen LogP contribution >= 0.6 is 11.6 Å². The Kier molecular flexibility index (Phi) is 6.43. The lowest BCUT2D eigenvalue weighted by molar-refractivity contribution is -0.133. The van der Waals surface area contributed by atoms with Crippen molar-refractivity contribution < 1.29 is 18.3 Å². The fourth-order valence-corrected chi connectivity index (χ4v) is 6.26. The summed E-state index contributed by atoms with van der Waals surface area (Å²) in [5.74, 6) is -1.14. The van der Waals surface area contributed by atoms with Gasteiger partial charge in [-0.15, -0.1) is 0 Å². The molecule has 2 atom stereocenters. The molecule has 0 bridgehead atoms. The SMILES string of the molecule is Cc1ccc(S(=O)(=O)N2C(c3cccc(Cl)c3)CC=C(C(=O)O)[C@@H]2c2cccc(C)c2)cc1. The van der Waals surface area contributed by atoms with Crippen LogP contribution in [0.15, 0.2) is 89.3 Å². The van der Waals surface area contributed by atoms with Crippen molar-refractivity contribution in [2.75, 3.05) is 0 Å². The summed E-state index contributed by atoms with van der Waals surface area (Å²) in [5.41, 5.74) is 3.19. The lowest BCUT2D eigenvalue weighted by Gasteiger charge is -2.40. The predicted octanol–water partition coefficient (Wildman–Crippen LogP) is 5.84. The van der Waals surface area contributed by atoms with Crippen molar-refractivity contribution >= 4 is 27.6 Å². The van der Waals surface area contributed by atoms with E-state index in [0.717, 1.165) is 11.1 Å². The third-order valence-electron chi connectivity index (χ3n) is 5.85. The van der Waals surface area contributed by atoms with Crippen LogP contribution < -0.4 is 0 Å². The summed E-state index contributed by atoms with van der Waals surface area (Å²) in [7, 11) is -4.08. The molecule has 0 fully saturated rings. The number of hydrogen-bond acceptors (Lipinski definition) is 3. The summed E-state index contributed by atoms with van der Waals surface area (Å²) in [5, 5.41) is 10.5. The van der Waals surface area contributed by atoms with E-state index in [4.69, 9.17) is 11.6 Å². The number of carbonyl (C=O) groups is 1. The minimum Gasteiger partial charge on any atom is -0.478 e. The Morgan fingerprint density at radius 2 is 1.61 bits per heavy atom. The Morgan fingerprint density at radius 1 is 0.939 bits per heavy atom. The molecule has 1 unspecified atom stereocenters. The first-order valence-corrected chi connectivity index (χ1v) is 12.4. The Balaban J connectivity index is 1.98. The third kappa shape index (κ3) is 4.60. The molecular formula is C26H24ClNO4S. The normalized spacial score (nSPS) is 19.2. The molecule has 0 saturated carbocycles. The lowest BCUT2D eigenvalue weighted by Crippen LogP contribution is -2.42. The van der Waals surface area contributed by atoms with Gasteiger partial charge in [-0.25, -0.2) is 13.2 Å². The summed E-state index contributed by atoms with van der Waals surface area (Å²) in [6.45, 7) is 3.77. The molecule has 5 nitrogen and oxygen atoms in total. The van der Waals surface area contributed by atoms with Crippen LogP contribution in [0.1, 0.15) is 40.8 Å². The molecule has 3 aromatic carbocycles. The summed E-state index contributed by atoms with van der Waals surface area (Å²) in [6.07, 6.45) is 1.84. The molecule has 170 valence electrons.